The molecule has 1 heterocycles. The summed E-state index contributed by atoms with van der Waals surface area (Å²) in [5, 5.41) is 0. The van der Waals surface area contributed by atoms with Crippen molar-refractivity contribution in [3.05, 3.63) is 70.2 Å². The fourth-order valence-corrected chi connectivity index (χ4v) is 2.58. The predicted octanol–water partition coefficient (Wildman–Crippen LogP) is 3.75. The molecule has 0 aliphatic carbocycles. The Bertz CT molecular complexity index is 694. The van der Waals surface area contributed by atoms with Gasteiger partial charge in [0.2, 0.25) is 5.90 Å². The fourth-order valence-electron chi connectivity index (χ4n) is 2.31. The Morgan fingerprint density at radius 1 is 1.10 bits per heavy atom. The van der Waals surface area contributed by atoms with E-state index < -0.39 is 5.54 Å². The molecule has 1 aliphatic heterocycles. The number of halogens is 1. The minimum Gasteiger partial charge on any atom is -0.405 e. The molecule has 0 aromatic heterocycles. The molecule has 0 radical (unpaired) electrons. The number of ether oxygens (including phenoxy) is 1. The maximum atomic E-state index is 12.2. The number of aliphatic imine (C=N–C) groups is 1. The Balaban J connectivity index is 1.89. The van der Waals surface area contributed by atoms with Crippen molar-refractivity contribution in [2.24, 2.45) is 4.99 Å². The van der Waals surface area contributed by atoms with E-state index in [4.69, 9.17) is 4.74 Å². The number of benzene rings is 2. The van der Waals surface area contributed by atoms with Crippen molar-refractivity contribution in [1.82, 2.24) is 0 Å². The first-order valence-corrected chi connectivity index (χ1v) is 7.48. The number of carbonyl (C=O) groups excluding carboxylic acids is 1. The number of nitrogens with zero attached hydrogens (tertiary/aromatic N) is 1. The van der Waals surface area contributed by atoms with E-state index in [-0.39, 0.29) is 5.97 Å². The van der Waals surface area contributed by atoms with Gasteiger partial charge in [-0.15, -0.1) is 0 Å². The molecule has 0 amide bonds. The lowest BCUT2D eigenvalue weighted by atomic mass is 9.94. The smallest absolute Gasteiger partial charge is 0.340 e. The van der Waals surface area contributed by atoms with Crippen molar-refractivity contribution in [2.75, 3.05) is 0 Å². The lowest BCUT2D eigenvalue weighted by Crippen LogP contribution is -2.32. The number of rotatable bonds is 3. The van der Waals surface area contributed by atoms with Gasteiger partial charge in [0, 0.05) is 16.5 Å². The van der Waals surface area contributed by atoms with Crippen molar-refractivity contribution >= 4 is 27.8 Å². The summed E-state index contributed by atoms with van der Waals surface area (Å²) in [5.41, 5.74) is 1.02. The van der Waals surface area contributed by atoms with Crippen LogP contribution in [0.5, 0.6) is 0 Å². The van der Waals surface area contributed by atoms with Crippen molar-refractivity contribution < 1.29 is 9.53 Å². The van der Waals surface area contributed by atoms with Gasteiger partial charge in [-0.25, -0.2) is 9.79 Å². The molecule has 4 heteroatoms. The molecule has 2 aromatic rings. The first-order chi connectivity index (χ1) is 10.1. The van der Waals surface area contributed by atoms with Crippen LogP contribution >= 0.6 is 15.9 Å². The van der Waals surface area contributed by atoms with Crippen LogP contribution < -0.4 is 0 Å². The number of carbonyl (C=O) groups is 1. The molecule has 2 aromatic carbocycles. The van der Waals surface area contributed by atoms with Crippen molar-refractivity contribution in [1.29, 1.82) is 0 Å². The highest BCUT2D eigenvalue weighted by molar-refractivity contribution is 9.10. The van der Waals surface area contributed by atoms with Gasteiger partial charge in [-0.2, -0.15) is 0 Å². The molecule has 0 bridgehead atoms. The molecule has 3 nitrogen and oxygen atoms in total. The standard InChI is InChI=1S/C17H14BrNO2/c1-17(11-12-5-3-2-4-6-12)16(20)21-15(19-17)13-7-9-14(18)10-8-13/h2-10H,11H2,1H3/t17-/m1/s1. The molecular weight excluding hydrogens is 330 g/mol. The first-order valence-electron chi connectivity index (χ1n) is 6.69. The quantitative estimate of drug-likeness (QED) is 0.796. The van der Waals surface area contributed by atoms with Crippen LogP contribution in [0.4, 0.5) is 0 Å². The summed E-state index contributed by atoms with van der Waals surface area (Å²) < 4.78 is 6.35. The summed E-state index contributed by atoms with van der Waals surface area (Å²) in [7, 11) is 0. The van der Waals surface area contributed by atoms with Gasteiger partial charge in [-0.1, -0.05) is 46.3 Å². The van der Waals surface area contributed by atoms with Gasteiger partial charge in [-0.05, 0) is 36.8 Å². The highest BCUT2D eigenvalue weighted by Gasteiger charge is 2.41. The van der Waals surface area contributed by atoms with Crippen LogP contribution in [-0.4, -0.2) is 17.4 Å². The van der Waals surface area contributed by atoms with Crippen LogP contribution in [0.1, 0.15) is 18.1 Å². The molecule has 0 unspecified atom stereocenters. The predicted molar refractivity (Wildman–Crippen MR) is 85.3 cm³/mol. The van der Waals surface area contributed by atoms with E-state index in [0.717, 1.165) is 15.6 Å². The van der Waals surface area contributed by atoms with Gasteiger partial charge < -0.3 is 4.74 Å². The minimum atomic E-state index is -0.857. The van der Waals surface area contributed by atoms with Gasteiger partial charge in [0.25, 0.3) is 0 Å². The van der Waals surface area contributed by atoms with Gasteiger partial charge in [0.1, 0.15) is 0 Å². The van der Waals surface area contributed by atoms with Crippen molar-refractivity contribution in [3.8, 4) is 0 Å². The molecule has 21 heavy (non-hydrogen) atoms. The van der Waals surface area contributed by atoms with E-state index in [1.54, 1.807) is 0 Å². The molecule has 0 N–H and O–H groups in total. The zero-order chi connectivity index (χ0) is 14.9. The Labute approximate surface area is 131 Å². The van der Waals surface area contributed by atoms with Crippen molar-refractivity contribution in [3.63, 3.8) is 0 Å². The Hall–Kier alpha value is -1.94. The molecule has 106 valence electrons. The molecular formula is C17H14BrNO2. The van der Waals surface area contributed by atoms with Crippen LogP contribution in [0, 0.1) is 0 Å². The van der Waals surface area contributed by atoms with E-state index in [0.29, 0.717) is 12.3 Å². The van der Waals surface area contributed by atoms with Crippen LogP contribution in [0.25, 0.3) is 0 Å². The summed E-state index contributed by atoms with van der Waals surface area (Å²) in [6, 6.07) is 17.4. The van der Waals surface area contributed by atoms with E-state index in [2.05, 4.69) is 20.9 Å². The summed E-state index contributed by atoms with van der Waals surface area (Å²) in [5.74, 6) is 0.0928. The Kier molecular flexibility index (Phi) is 3.64. The molecule has 0 fully saturated rings. The normalized spacial score (nSPS) is 21.0. The summed E-state index contributed by atoms with van der Waals surface area (Å²) >= 11 is 3.38. The minimum absolute atomic E-state index is 0.302. The third-order valence-electron chi connectivity index (χ3n) is 3.46. The van der Waals surface area contributed by atoms with Gasteiger partial charge >= 0.3 is 5.97 Å². The SMILES string of the molecule is C[C@]1(Cc2ccccc2)N=C(c2ccc(Br)cc2)OC1=O. The third-order valence-corrected chi connectivity index (χ3v) is 3.99. The van der Waals surface area contributed by atoms with Gasteiger partial charge in [0.05, 0.1) is 0 Å². The summed E-state index contributed by atoms with van der Waals surface area (Å²) in [4.78, 5) is 16.7. The zero-order valence-electron chi connectivity index (χ0n) is 11.5. The van der Waals surface area contributed by atoms with Gasteiger partial charge in [0.15, 0.2) is 5.54 Å². The van der Waals surface area contributed by atoms with E-state index >= 15 is 0 Å². The Morgan fingerprint density at radius 2 is 1.76 bits per heavy atom. The second-order valence-corrected chi connectivity index (χ2v) is 6.17. The Morgan fingerprint density at radius 3 is 2.43 bits per heavy atom. The van der Waals surface area contributed by atoms with E-state index in [9.17, 15) is 4.79 Å². The van der Waals surface area contributed by atoms with Crippen LogP contribution in [-0.2, 0) is 16.0 Å². The van der Waals surface area contributed by atoms with Crippen LogP contribution in [0.15, 0.2) is 64.1 Å². The van der Waals surface area contributed by atoms with E-state index in [1.807, 2.05) is 61.5 Å². The second kappa shape index (κ2) is 5.45. The number of cyclic esters (lactones) is 1. The maximum absolute atomic E-state index is 12.2. The highest BCUT2D eigenvalue weighted by atomic mass is 79.9. The number of esters is 1. The lowest BCUT2D eigenvalue weighted by Gasteiger charge is -2.15. The molecule has 1 aliphatic rings. The number of hydrogen-bond donors (Lipinski definition) is 0. The topological polar surface area (TPSA) is 38.7 Å². The number of hydrogen-bond acceptors (Lipinski definition) is 3. The molecule has 3 rings (SSSR count). The largest absolute Gasteiger partial charge is 0.405 e. The summed E-state index contributed by atoms with van der Waals surface area (Å²) in [6.07, 6.45) is 0.534. The molecule has 0 spiro atoms. The van der Waals surface area contributed by atoms with Crippen molar-refractivity contribution in [2.45, 2.75) is 18.9 Å². The lowest BCUT2D eigenvalue weighted by molar-refractivity contribution is -0.138. The molecule has 0 saturated heterocycles. The highest BCUT2D eigenvalue weighted by Crippen LogP contribution is 2.27. The zero-order valence-corrected chi connectivity index (χ0v) is 13.1. The summed E-state index contributed by atoms with van der Waals surface area (Å²) in [6.45, 7) is 1.81. The fraction of sp³-hybridized carbons (Fsp3) is 0.176. The van der Waals surface area contributed by atoms with Crippen LogP contribution in [0.3, 0.4) is 0 Å². The van der Waals surface area contributed by atoms with E-state index in [1.165, 1.54) is 0 Å². The third kappa shape index (κ3) is 2.90. The average Bonchev–Trinajstić information content (AvgIpc) is 2.76. The monoisotopic (exact) mass is 343 g/mol. The average molecular weight is 344 g/mol. The maximum Gasteiger partial charge on any atom is 0.340 e. The first kappa shape index (κ1) is 14.0. The molecule has 0 saturated carbocycles. The van der Waals surface area contributed by atoms with Crippen LogP contribution in [0.2, 0.25) is 0 Å². The van der Waals surface area contributed by atoms with Gasteiger partial charge in [-0.3, -0.25) is 0 Å². The molecule has 1 atom stereocenters. The second-order valence-electron chi connectivity index (χ2n) is 5.25.